The van der Waals surface area contributed by atoms with Gasteiger partial charge in [-0.1, -0.05) is 41.4 Å². The molecule has 0 fully saturated rings. The van der Waals surface area contributed by atoms with Crippen LogP contribution in [0.15, 0.2) is 51.7 Å². The monoisotopic (exact) mass is 372 g/mol. The molecule has 0 saturated carbocycles. The molecule has 0 bridgehead atoms. The fourth-order valence-corrected chi connectivity index (χ4v) is 2.71. The predicted octanol–water partition coefficient (Wildman–Crippen LogP) is 4.53. The Kier molecular flexibility index (Phi) is 4.76. The van der Waals surface area contributed by atoms with Crippen molar-refractivity contribution >= 4 is 26.8 Å². The average Bonchev–Trinajstić information content (AvgIpc) is 2.56. The highest BCUT2D eigenvalue weighted by Gasteiger charge is 2.12. The number of H-pyrrole nitrogens is 1. The number of fused-ring (bicyclic) bond motifs is 1. The van der Waals surface area contributed by atoms with Gasteiger partial charge in [0.15, 0.2) is 0 Å². The smallest absolute Gasteiger partial charge is 0.259 e. The standard InChI is InChI=1S/C18H17BrN2O2/c1-2-3-10-23-16-9-8-12(19)11-14(16)17-20-15-7-5-4-6-13(15)18(22)21-17/h4-9,11H,2-3,10H2,1H3,(H,20,21,22). The van der Waals surface area contributed by atoms with Gasteiger partial charge in [0, 0.05) is 4.47 Å². The van der Waals surface area contributed by atoms with Crippen molar-refractivity contribution in [1.82, 2.24) is 9.97 Å². The fraction of sp³-hybridized carbons (Fsp3) is 0.222. The molecule has 1 N–H and O–H groups in total. The number of nitrogens with zero attached hydrogens (tertiary/aromatic N) is 1. The summed E-state index contributed by atoms with van der Waals surface area (Å²) in [4.78, 5) is 19.7. The lowest BCUT2D eigenvalue weighted by atomic mass is 10.1. The molecule has 0 spiro atoms. The second-order valence-electron chi connectivity index (χ2n) is 5.27. The van der Waals surface area contributed by atoms with E-state index in [4.69, 9.17) is 4.74 Å². The molecule has 0 atom stereocenters. The van der Waals surface area contributed by atoms with E-state index in [-0.39, 0.29) is 5.56 Å². The van der Waals surface area contributed by atoms with E-state index >= 15 is 0 Å². The molecule has 0 aliphatic heterocycles. The summed E-state index contributed by atoms with van der Waals surface area (Å²) < 4.78 is 6.76. The highest BCUT2D eigenvalue weighted by atomic mass is 79.9. The first kappa shape index (κ1) is 15.7. The third-order valence-electron chi connectivity index (χ3n) is 3.57. The second kappa shape index (κ2) is 6.96. The number of rotatable bonds is 5. The van der Waals surface area contributed by atoms with E-state index in [1.165, 1.54) is 0 Å². The molecule has 0 unspecified atom stereocenters. The number of nitrogens with one attached hydrogen (secondary N) is 1. The number of aromatic nitrogens is 2. The molecule has 118 valence electrons. The number of aromatic amines is 1. The lowest BCUT2D eigenvalue weighted by Gasteiger charge is -2.11. The SMILES string of the molecule is CCCCOc1ccc(Br)cc1-c1nc2ccccc2c(=O)[nH]1. The minimum atomic E-state index is -0.148. The molecular formula is C18H17BrN2O2. The molecule has 1 heterocycles. The molecule has 3 aromatic rings. The topological polar surface area (TPSA) is 55.0 Å². The number of ether oxygens (including phenoxy) is 1. The van der Waals surface area contributed by atoms with E-state index in [0.29, 0.717) is 23.3 Å². The summed E-state index contributed by atoms with van der Waals surface area (Å²) in [6.45, 7) is 2.76. The summed E-state index contributed by atoms with van der Waals surface area (Å²) in [5.41, 5.74) is 1.30. The van der Waals surface area contributed by atoms with Crippen molar-refractivity contribution in [3.05, 3.63) is 57.3 Å². The van der Waals surface area contributed by atoms with Crippen molar-refractivity contribution in [1.29, 1.82) is 0 Å². The van der Waals surface area contributed by atoms with E-state index in [2.05, 4.69) is 32.8 Å². The maximum atomic E-state index is 12.3. The molecule has 0 aliphatic carbocycles. The van der Waals surface area contributed by atoms with E-state index in [9.17, 15) is 4.79 Å². The summed E-state index contributed by atoms with van der Waals surface area (Å²) in [6.07, 6.45) is 2.05. The highest BCUT2D eigenvalue weighted by molar-refractivity contribution is 9.10. The van der Waals surface area contributed by atoms with Gasteiger partial charge in [0.2, 0.25) is 0 Å². The molecule has 0 radical (unpaired) electrons. The molecular weight excluding hydrogens is 356 g/mol. The van der Waals surface area contributed by atoms with Crippen molar-refractivity contribution in [3.8, 4) is 17.1 Å². The maximum absolute atomic E-state index is 12.3. The van der Waals surface area contributed by atoms with Gasteiger partial charge in [-0.15, -0.1) is 0 Å². The zero-order chi connectivity index (χ0) is 16.2. The number of halogens is 1. The lowest BCUT2D eigenvalue weighted by Crippen LogP contribution is -2.10. The Labute approximate surface area is 142 Å². The Morgan fingerprint density at radius 2 is 2.04 bits per heavy atom. The first-order valence-corrected chi connectivity index (χ1v) is 8.40. The molecule has 1 aromatic heterocycles. The first-order valence-electron chi connectivity index (χ1n) is 7.61. The normalized spacial score (nSPS) is 10.9. The van der Waals surface area contributed by atoms with Crippen LogP contribution in [0.1, 0.15) is 19.8 Å². The van der Waals surface area contributed by atoms with Crippen LogP contribution >= 0.6 is 15.9 Å². The van der Waals surface area contributed by atoms with Gasteiger partial charge >= 0.3 is 0 Å². The fourth-order valence-electron chi connectivity index (χ4n) is 2.35. The molecule has 4 nitrogen and oxygen atoms in total. The minimum absolute atomic E-state index is 0.148. The van der Waals surface area contributed by atoms with Crippen molar-refractivity contribution in [3.63, 3.8) is 0 Å². The second-order valence-corrected chi connectivity index (χ2v) is 6.19. The van der Waals surface area contributed by atoms with E-state index < -0.39 is 0 Å². The van der Waals surface area contributed by atoms with Gasteiger partial charge < -0.3 is 9.72 Å². The summed E-state index contributed by atoms with van der Waals surface area (Å²) in [7, 11) is 0. The number of unbranched alkanes of at least 4 members (excludes halogenated alkanes) is 1. The third kappa shape index (κ3) is 3.45. The Hall–Kier alpha value is -2.14. The van der Waals surface area contributed by atoms with Crippen molar-refractivity contribution < 1.29 is 4.74 Å². The highest BCUT2D eigenvalue weighted by Crippen LogP contribution is 2.31. The van der Waals surface area contributed by atoms with Crippen LogP contribution in [0.4, 0.5) is 0 Å². The van der Waals surface area contributed by atoms with Crippen LogP contribution in [0.3, 0.4) is 0 Å². The molecule has 5 heteroatoms. The van der Waals surface area contributed by atoms with Crippen molar-refractivity contribution in [2.24, 2.45) is 0 Å². The quantitative estimate of drug-likeness (QED) is 0.669. The summed E-state index contributed by atoms with van der Waals surface area (Å²) in [5.74, 6) is 1.24. The Morgan fingerprint density at radius 3 is 2.87 bits per heavy atom. The van der Waals surface area contributed by atoms with E-state index in [0.717, 1.165) is 28.6 Å². The zero-order valence-corrected chi connectivity index (χ0v) is 14.4. The summed E-state index contributed by atoms with van der Waals surface area (Å²) in [5, 5.41) is 0.583. The number of benzene rings is 2. The summed E-state index contributed by atoms with van der Waals surface area (Å²) in [6, 6.07) is 13.0. The number of hydrogen-bond acceptors (Lipinski definition) is 3. The van der Waals surface area contributed by atoms with Crippen LogP contribution < -0.4 is 10.3 Å². The first-order chi connectivity index (χ1) is 11.2. The van der Waals surface area contributed by atoms with Gasteiger partial charge in [-0.25, -0.2) is 4.98 Å². The molecule has 2 aromatic carbocycles. The van der Waals surface area contributed by atoms with Crippen molar-refractivity contribution in [2.45, 2.75) is 19.8 Å². The predicted molar refractivity (Wildman–Crippen MR) is 95.9 cm³/mol. The Bertz CT molecular complexity index is 890. The van der Waals surface area contributed by atoms with Gasteiger partial charge in [0.1, 0.15) is 11.6 Å². The van der Waals surface area contributed by atoms with Crippen LogP contribution in [0.2, 0.25) is 0 Å². The van der Waals surface area contributed by atoms with Crippen LogP contribution in [-0.4, -0.2) is 16.6 Å². The molecule has 23 heavy (non-hydrogen) atoms. The van der Waals surface area contributed by atoms with Crippen LogP contribution in [0.25, 0.3) is 22.3 Å². The number of hydrogen-bond donors (Lipinski definition) is 1. The van der Waals surface area contributed by atoms with Crippen molar-refractivity contribution in [2.75, 3.05) is 6.61 Å². The Morgan fingerprint density at radius 1 is 1.22 bits per heavy atom. The van der Waals surface area contributed by atoms with E-state index in [1.807, 2.05) is 36.4 Å². The zero-order valence-electron chi connectivity index (χ0n) is 12.8. The molecule has 0 amide bonds. The van der Waals surface area contributed by atoms with Gasteiger partial charge in [-0.3, -0.25) is 4.79 Å². The molecule has 0 aliphatic rings. The van der Waals surface area contributed by atoms with E-state index in [1.54, 1.807) is 6.07 Å². The van der Waals surface area contributed by atoms with Crippen LogP contribution in [0, 0.1) is 0 Å². The average molecular weight is 373 g/mol. The third-order valence-corrected chi connectivity index (χ3v) is 4.06. The molecule has 0 saturated heterocycles. The Balaban J connectivity index is 2.10. The van der Waals surface area contributed by atoms with Crippen LogP contribution in [0.5, 0.6) is 5.75 Å². The summed E-state index contributed by atoms with van der Waals surface area (Å²) >= 11 is 3.47. The van der Waals surface area contributed by atoms with Gasteiger partial charge in [-0.2, -0.15) is 0 Å². The van der Waals surface area contributed by atoms with Gasteiger partial charge in [-0.05, 0) is 36.8 Å². The van der Waals surface area contributed by atoms with Gasteiger partial charge in [0.25, 0.3) is 5.56 Å². The van der Waals surface area contributed by atoms with Crippen LogP contribution in [-0.2, 0) is 0 Å². The lowest BCUT2D eigenvalue weighted by molar-refractivity contribution is 0.310. The largest absolute Gasteiger partial charge is 0.493 e. The number of para-hydroxylation sites is 1. The van der Waals surface area contributed by atoms with Gasteiger partial charge in [0.05, 0.1) is 23.1 Å². The molecule has 3 rings (SSSR count). The maximum Gasteiger partial charge on any atom is 0.259 e. The minimum Gasteiger partial charge on any atom is -0.493 e.